The fourth-order valence-electron chi connectivity index (χ4n) is 3.67. The SMILES string of the molecule is O=C(N[C@@H]1CC(Cn2cccn2)C[C@H]1O)c1ccc(C2CC2)cc1. The second kappa shape index (κ2) is 6.40. The van der Waals surface area contributed by atoms with Crippen molar-refractivity contribution in [2.75, 3.05) is 0 Å². The Balaban J connectivity index is 1.34. The first-order valence-corrected chi connectivity index (χ1v) is 8.75. The molecule has 1 unspecified atom stereocenters. The maximum atomic E-state index is 12.4. The Morgan fingerprint density at radius 1 is 1.25 bits per heavy atom. The first kappa shape index (κ1) is 15.4. The lowest BCUT2D eigenvalue weighted by atomic mass is 10.1. The second-order valence-corrected chi connectivity index (χ2v) is 7.11. The number of hydrogen-bond acceptors (Lipinski definition) is 3. The van der Waals surface area contributed by atoms with Crippen LogP contribution in [0.15, 0.2) is 42.7 Å². The number of aliphatic hydroxyl groups is 1. The molecule has 2 fully saturated rings. The van der Waals surface area contributed by atoms with Gasteiger partial charge in [0, 0.05) is 24.5 Å². The third kappa shape index (κ3) is 3.36. The number of aliphatic hydroxyl groups excluding tert-OH is 1. The Morgan fingerprint density at radius 2 is 2.04 bits per heavy atom. The summed E-state index contributed by atoms with van der Waals surface area (Å²) < 4.78 is 1.89. The zero-order valence-electron chi connectivity index (χ0n) is 13.6. The van der Waals surface area contributed by atoms with Gasteiger partial charge in [-0.25, -0.2) is 0 Å². The summed E-state index contributed by atoms with van der Waals surface area (Å²) >= 11 is 0. The molecular weight excluding hydrogens is 302 g/mol. The molecule has 0 aliphatic heterocycles. The molecule has 126 valence electrons. The molecule has 2 aliphatic rings. The van der Waals surface area contributed by atoms with Crippen molar-refractivity contribution >= 4 is 5.91 Å². The third-order valence-electron chi connectivity index (χ3n) is 5.17. The first-order valence-electron chi connectivity index (χ1n) is 8.75. The number of benzene rings is 1. The van der Waals surface area contributed by atoms with Gasteiger partial charge in [-0.3, -0.25) is 9.48 Å². The quantitative estimate of drug-likeness (QED) is 0.886. The van der Waals surface area contributed by atoms with Crippen molar-refractivity contribution in [1.82, 2.24) is 15.1 Å². The van der Waals surface area contributed by atoms with Crippen LogP contribution in [-0.2, 0) is 6.54 Å². The van der Waals surface area contributed by atoms with Crippen LogP contribution in [0.3, 0.4) is 0 Å². The second-order valence-electron chi connectivity index (χ2n) is 7.11. The summed E-state index contributed by atoms with van der Waals surface area (Å²) in [6, 6.07) is 9.62. The monoisotopic (exact) mass is 325 g/mol. The molecule has 2 saturated carbocycles. The predicted molar refractivity (Wildman–Crippen MR) is 90.6 cm³/mol. The molecule has 0 saturated heterocycles. The largest absolute Gasteiger partial charge is 0.391 e. The molecule has 0 bridgehead atoms. The lowest BCUT2D eigenvalue weighted by Gasteiger charge is -2.16. The van der Waals surface area contributed by atoms with E-state index in [1.807, 2.05) is 29.1 Å². The average Bonchev–Trinajstić information content (AvgIpc) is 3.21. The van der Waals surface area contributed by atoms with Crippen LogP contribution in [-0.4, -0.2) is 32.9 Å². The number of hydrogen-bond donors (Lipinski definition) is 2. The van der Waals surface area contributed by atoms with Crippen molar-refractivity contribution in [2.45, 2.75) is 50.3 Å². The average molecular weight is 325 g/mol. The maximum absolute atomic E-state index is 12.4. The van der Waals surface area contributed by atoms with Gasteiger partial charge in [0.05, 0.1) is 12.1 Å². The van der Waals surface area contributed by atoms with Gasteiger partial charge in [-0.1, -0.05) is 12.1 Å². The number of carbonyl (C=O) groups is 1. The minimum Gasteiger partial charge on any atom is -0.391 e. The minimum atomic E-state index is -0.486. The Kier molecular flexibility index (Phi) is 4.10. The van der Waals surface area contributed by atoms with Crippen molar-refractivity contribution in [1.29, 1.82) is 0 Å². The van der Waals surface area contributed by atoms with E-state index in [4.69, 9.17) is 0 Å². The van der Waals surface area contributed by atoms with Gasteiger partial charge >= 0.3 is 0 Å². The molecule has 2 aromatic rings. The summed E-state index contributed by atoms with van der Waals surface area (Å²) in [6.07, 6.45) is 7.21. The van der Waals surface area contributed by atoms with Gasteiger partial charge in [0.15, 0.2) is 0 Å². The predicted octanol–water partition coefficient (Wildman–Crippen LogP) is 2.33. The van der Waals surface area contributed by atoms with Crippen molar-refractivity contribution in [3.8, 4) is 0 Å². The van der Waals surface area contributed by atoms with E-state index in [0.29, 0.717) is 23.8 Å². The van der Waals surface area contributed by atoms with Crippen molar-refractivity contribution in [2.24, 2.45) is 5.92 Å². The highest BCUT2D eigenvalue weighted by atomic mass is 16.3. The number of nitrogens with zero attached hydrogens (tertiary/aromatic N) is 2. The zero-order valence-corrected chi connectivity index (χ0v) is 13.6. The number of aromatic nitrogens is 2. The van der Waals surface area contributed by atoms with Crippen molar-refractivity contribution in [3.05, 3.63) is 53.9 Å². The first-order chi connectivity index (χ1) is 11.7. The standard InChI is InChI=1S/C19H23N3O2/c23-18-11-13(12-22-9-1-8-20-22)10-17(18)21-19(24)16-6-4-15(5-7-16)14-2-3-14/h1,4-9,13-14,17-18,23H,2-3,10-12H2,(H,21,24)/t13?,17-,18-/m1/s1. The van der Waals surface area contributed by atoms with Gasteiger partial charge in [0.25, 0.3) is 5.91 Å². The van der Waals surface area contributed by atoms with Crippen molar-refractivity contribution < 1.29 is 9.90 Å². The molecule has 0 spiro atoms. The maximum Gasteiger partial charge on any atom is 0.251 e. The van der Waals surface area contributed by atoms with Crippen LogP contribution in [0.25, 0.3) is 0 Å². The van der Waals surface area contributed by atoms with E-state index in [0.717, 1.165) is 13.0 Å². The summed E-state index contributed by atoms with van der Waals surface area (Å²) in [5.74, 6) is 0.936. The Morgan fingerprint density at radius 3 is 2.71 bits per heavy atom. The molecule has 3 atom stereocenters. The van der Waals surface area contributed by atoms with Gasteiger partial charge < -0.3 is 10.4 Å². The lowest BCUT2D eigenvalue weighted by molar-refractivity contribution is 0.0872. The zero-order chi connectivity index (χ0) is 16.5. The molecule has 1 amide bonds. The highest BCUT2D eigenvalue weighted by Gasteiger charge is 2.34. The van der Waals surface area contributed by atoms with E-state index in [9.17, 15) is 9.90 Å². The smallest absolute Gasteiger partial charge is 0.251 e. The molecule has 0 radical (unpaired) electrons. The summed E-state index contributed by atoms with van der Waals surface area (Å²) in [7, 11) is 0. The molecule has 5 heteroatoms. The number of amides is 1. The van der Waals surface area contributed by atoms with Crippen LogP contribution in [0.4, 0.5) is 0 Å². The van der Waals surface area contributed by atoms with E-state index in [1.165, 1.54) is 18.4 Å². The van der Waals surface area contributed by atoms with E-state index >= 15 is 0 Å². The van der Waals surface area contributed by atoms with E-state index in [2.05, 4.69) is 22.5 Å². The number of rotatable bonds is 5. The normalized spacial score (nSPS) is 26.5. The van der Waals surface area contributed by atoms with E-state index in [1.54, 1.807) is 6.20 Å². The summed E-state index contributed by atoms with van der Waals surface area (Å²) in [5.41, 5.74) is 1.99. The highest BCUT2D eigenvalue weighted by molar-refractivity contribution is 5.94. The summed E-state index contributed by atoms with van der Waals surface area (Å²) in [5, 5.41) is 17.5. The van der Waals surface area contributed by atoms with Crippen LogP contribution in [0.5, 0.6) is 0 Å². The van der Waals surface area contributed by atoms with Gasteiger partial charge in [0.2, 0.25) is 0 Å². The molecule has 2 aliphatic carbocycles. The molecule has 4 rings (SSSR count). The fraction of sp³-hybridized carbons (Fsp3) is 0.474. The molecule has 24 heavy (non-hydrogen) atoms. The summed E-state index contributed by atoms with van der Waals surface area (Å²) in [6.45, 7) is 0.784. The molecule has 1 heterocycles. The number of nitrogens with one attached hydrogen (secondary N) is 1. The van der Waals surface area contributed by atoms with Gasteiger partial charge in [-0.2, -0.15) is 5.10 Å². The van der Waals surface area contributed by atoms with Crippen LogP contribution in [0, 0.1) is 5.92 Å². The van der Waals surface area contributed by atoms with Crippen LogP contribution in [0.2, 0.25) is 0 Å². The van der Waals surface area contributed by atoms with Crippen molar-refractivity contribution in [3.63, 3.8) is 0 Å². The molecule has 5 nitrogen and oxygen atoms in total. The van der Waals surface area contributed by atoms with E-state index in [-0.39, 0.29) is 11.9 Å². The minimum absolute atomic E-state index is 0.0962. The van der Waals surface area contributed by atoms with Crippen LogP contribution < -0.4 is 5.32 Å². The van der Waals surface area contributed by atoms with Gasteiger partial charge in [-0.05, 0) is 61.3 Å². The van der Waals surface area contributed by atoms with E-state index < -0.39 is 6.10 Å². The number of carbonyl (C=O) groups excluding carboxylic acids is 1. The van der Waals surface area contributed by atoms with Gasteiger partial charge in [0.1, 0.15) is 0 Å². The van der Waals surface area contributed by atoms with Crippen LogP contribution >= 0.6 is 0 Å². The third-order valence-corrected chi connectivity index (χ3v) is 5.17. The van der Waals surface area contributed by atoms with Crippen LogP contribution in [0.1, 0.15) is 47.5 Å². The summed E-state index contributed by atoms with van der Waals surface area (Å²) in [4.78, 5) is 12.4. The molecule has 1 aromatic carbocycles. The molecule has 2 N–H and O–H groups in total. The topological polar surface area (TPSA) is 67.2 Å². The highest BCUT2D eigenvalue weighted by Crippen LogP contribution is 2.39. The Bertz CT molecular complexity index is 692. The fourth-order valence-corrected chi connectivity index (χ4v) is 3.67. The molecular formula is C19H23N3O2. The Hall–Kier alpha value is -2.14. The van der Waals surface area contributed by atoms with Gasteiger partial charge in [-0.15, -0.1) is 0 Å². The lowest BCUT2D eigenvalue weighted by Crippen LogP contribution is -2.39. The Labute approximate surface area is 141 Å². The molecule has 1 aromatic heterocycles.